The number of hydrogen-bond acceptors (Lipinski definition) is 3. The van der Waals surface area contributed by atoms with Crippen LogP contribution in [0.15, 0.2) is 22.3 Å². The SMILES string of the molecule is CC1(Br)C(c2cc(C(=O)O)c(Cl)cc2F)=NN=C1C(F)(F)F. The third-order valence-corrected chi connectivity index (χ3v) is 4.01. The molecule has 0 fully saturated rings. The molecule has 0 saturated carbocycles. The van der Waals surface area contributed by atoms with E-state index in [-0.39, 0.29) is 5.02 Å². The lowest BCUT2D eigenvalue weighted by Crippen LogP contribution is -2.43. The highest BCUT2D eigenvalue weighted by Gasteiger charge is 2.53. The summed E-state index contributed by atoms with van der Waals surface area (Å²) in [7, 11) is 0. The average molecular weight is 402 g/mol. The Kier molecular flexibility index (Phi) is 4.07. The Bertz CT molecular complexity index is 729. The highest BCUT2D eigenvalue weighted by molar-refractivity contribution is 9.10. The summed E-state index contributed by atoms with van der Waals surface area (Å²) >= 11 is 8.43. The summed E-state index contributed by atoms with van der Waals surface area (Å²) in [5, 5.41) is 15.0. The van der Waals surface area contributed by atoms with E-state index in [0.717, 1.165) is 13.0 Å². The van der Waals surface area contributed by atoms with Gasteiger partial charge >= 0.3 is 12.1 Å². The molecule has 0 saturated heterocycles. The minimum absolute atomic E-state index is 0.374. The molecule has 118 valence electrons. The number of halogens is 6. The molecule has 0 spiro atoms. The fourth-order valence-electron chi connectivity index (χ4n) is 1.92. The van der Waals surface area contributed by atoms with E-state index in [4.69, 9.17) is 16.7 Å². The molecule has 1 aromatic rings. The zero-order chi connectivity index (χ0) is 16.9. The second-order valence-electron chi connectivity index (χ2n) is 4.51. The first kappa shape index (κ1) is 16.9. The normalized spacial score (nSPS) is 21.6. The molecule has 1 unspecified atom stereocenters. The predicted molar refractivity (Wildman–Crippen MR) is 75.7 cm³/mol. The third-order valence-electron chi connectivity index (χ3n) is 2.95. The standard InChI is InChI=1S/C12H6BrClF4N2O2/c1-11(13)8(19-20-10(11)12(16,17)18)5-2-4(9(21)22)6(14)3-7(5)15/h2-3H,1H3,(H,21,22). The Morgan fingerprint density at radius 1 is 1.36 bits per heavy atom. The van der Waals surface area contributed by atoms with Crippen molar-refractivity contribution >= 4 is 44.9 Å². The third kappa shape index (κ3) is 2.74. The van der Waals surface area contributed by atoms with Crippen molar-refractivity contribution in [2.45, 2.75) is 17.4 Å². The largest absolute Gasteiger partial charge is 0.478 e. The van der Waals surface area contributed by atoms with Gasteiger partial charge in [0.2, 0.25) is 0 Å². The van der Waals surface area contributed by atoms with Gasteiger partial charge in [-0.05, 0) is 19.1 Å². The fraction of sp³-hybridized carbons (Fsp3) is 0.250. The van der Waals surface area contributed by atoms with Crippen LogP contribution in [0.5, 0.6) is 0 Å². The summed E-state index contributed by atoms with van der Waals surface area (Å²) in [6.45, 7) is 1.10. The average Bonchev–Trinajstić information content (AvgIpc) is 2.64. The van der Waals surface area contributed by atoms with Crippen molar-refractivity contribution in [3.63, 3.8) is 0 Å². The van der Waals surface area contributed by atoms with Crippen molar-refractivity contribution in [1.82, 2.24) is 0 Å². The van der Waals surface area contributed by atoms with Gasteiger partial charge in [0.25, 0.3) is 0 Å². The lowest BCUT2D eigenvalue weighted by molar-refractivity contribution is -0.0604. The maximum Gasteiger partial charge on any atom is 0.433 e. The minimum Gasteiger partial charge on any atom is -0.478 e. The molecule has 0 radical (unpaired) electrons. The number of nitrogens with zero attached hydrogens (tertiary/aromatic N) is 2. The summed E-state index contributed by atoms with van der Waals surface area (Å²) in [5.74, 6) is -2.45. The van der Waals surface area contributed by atoms with Gasteiger partial charge in [-0.2, -0.15) is 18.3 Å². The maximum atomic E-state index is 14.0. The van der Waals surface area contributed by atoms with Crippen LogP contribution in [0.2, 0.25) is 5.02 Å². The van der Waals surface area contributed by atoms with Crippen LogP contribution in [-0.4, -0.2) is 33.0 Å². The molecule has 1 heterocycles. The monoisotopic (exact) mass is 400 g/mol. The van der Waals surface area contributed by atoms with Gasteiger partial charge in [-0.3, -0.25) is 0 Å². The number of carboxylic acids is 1. The molecular weight excluding hydrogens is 395 g/mol. The topological polar surface area (TPSA) is 62.0 Å². The van der Waals surface area contributed by atoms with E-state index >= 15 is 0 Å². The first-order valence-corrected chi connectivity index (χ1v) is 6.78. The summed E-state index contributed by atoms with van der Waals surface area (Å²) in [6, 6.07) is 1.53. The maximum absolute atomic E-state index is 14.0. The van der Waals surface area contributed by atoms with Crippen LogP contribution in [-0.2, 0) is 0 Å². The number of rotatable bonds is 2. The van der Waals surface area contributed by atoms with Crippen LogP contribution in [0.4, 0.5) is 17.6 Å². The van der Waals surface area contributed by atoms with Crippen LogP contribution < -0.4 is 0 Å². The molecule has 0 aromatic heterocycles. The van der Waals surface area contributed by atoms with Crippen LogP contribution in [0, 0.1) is 5.82 Å². The lowest BCUT2D eigenvalue weighted by atomic mass is 9.93. The Morgan fingerprint density at radius 2 is 1.95 bits per heavy atom. The van der Waals surface area contributed by atoms with Crippen molar-refractivity contribution in [2.24, 2.45) is 10.2 Å². The second-order valence-corrected chi connectivity index (χ2v) is 6.51. The van der Waals surface area contributed by atoms with Crippen molar-refractivity contribution in [3.05, 3.63) is 34.1 Å². The minimum atomic E-state index is -4.78. The molecule has 0 amide bonds. The first-order valence-electron chi connectivity index (χ1n) is 5.61. The van der Waals surface area contributed by atoms with Gasteiger partial charge in [0, 0.05) is 5.56 Å². The molecule has 1 N–H and O–H groups in total. The molecular formula is C12H6BrClF4N2O2. The number of carboxylic acid groups (broad SMARTS) is 1. The van der Waals surface area contributed by atoms with E-state index in [1.807, 2.05) is 0 Å². The Hall–Kier alpha value is -1.48. The lowest BCUT2D eigenvalue weighted by Gasteiger charge is -2.22. The smallest absolute Gasteiger partial charge is 0.433 e. The van der Waals surface area contributed by atoms with Gasteiger partial charge in [-0.25, -0.2) is 9.18 Å². The summed E-state index contributed by atoms with van der Waals surface area (Å²) in [4.78, 5) is 11.0. The van der Waals surface area contributed by atoms with Gasteiger partial charge in [0.15, 0.2) is 5.71 Å². The van der Waals surface area contributed by atoms with Crippen molar-refractivity contribution in [3.8, 4) is 0 Å². The molecule has 4 nitrogen and oxygen atoms in total. The zero-order valence-electron chi connectivity index (χ0n) is 10.7. The van der Waals surface area contributed by atoms with Gasteiger partial charge < -0.3 is 5.11 Å². The van der Waals surface area contributed by atoms with Crippen LogP contribution >= 0.6 is 27.5 Å². The highest BCUT2D eigenvalue weighted by atomic mass is 79.9. The van der Waals surface area contributed by atoms with E-state index in [0.29, 0.717) is 6.07 Å². The molecule has 1 atom stereocenters. The number of benzene rings is 1. The Labute approximate surface area is 134 Å². The molecule has 1 aliphatic rings. The zero-order valence-corrected chi connectivity index (χ0v) is 13.0. The van der Waals surface area contributed by atoms with Crippen molar-refractivity contribution < 1.29 is 27.5 Å². The van der Waals surface area contributed by atoms with E-state index in [1.54, 1.807) is 0 Å². The summed E-state index contributed by atoms with van der Waals surface area (Å²) in [5.41, 5.74) is -2.54. The molecule has 1 aliphatic heterocycles. The number of hydrogen-bond donors (Lipinski definition) is 1. The number of aromatic carboxylic acids is 1. The molecule has 0 aliphatic carbocycles. The fourth-order valence-corrected chi connectivity index (χ4v) is 2.75. The van der Waals surface area contributed by atoms with Crippen molar-refractivity contribution in [2.75, 3.05) is 0 Å². The molecule has 10 heteroatoms. The molecule has 22 heavy (non-hydrogen) atoms. The summed E-state index contributed by atoms with van der Waals surface area (Å²) < 4.78 is 50.7. The number of alkyl halides is 4. The Balaban J connectivity index is 2.56. The highest BCUT2D eigenvalue weighted by Crippen LogP contribution is 2.38. The molecule has 0 bridgehead atoms. The van der Waals surface area contributed by atoms with E-state index in [9.17, 15) is 22.4 Å². The predicted octanol–water partition coefficient (Wildman–Crippen LogP) is 4.05. The van der Waals surface area contributed by atoms with Crippen LogP contribution in [0.1, 0.15) is 22.8 Å². The van der Waals surface area contributed by atoms with Gasteiger partial charge in [0.05, 0.1) is 16.3 Å². The van der Waals surface area contributed by atoms with Gasteiger partial charge in [-0.15, -0.1) is 5.10 Å². The quantitative estimate of drug-likeness (QED) is 0.600. The van der Waals surface area contributed by atoms with Crippen molar-refractivity contribution in [1.29, 1.82) is 0 Å². The van der Waals surface area contributed by atoms with Crippen LogP contribution in [0.3, 0.4) is 0 Å². The van der Waals surface area contributed by atoms with Crippen LogP contribution in [0.25, 0.3) is 0 Å². The second kappa shape index (κ2) is 5.31. The Morgan fingerprint density at radius 3 is 2.41 bits per heavy atom. The van der Waals surface area contributed by atoms with Gasteiger partial charge in [0.1, 0.15) is 10.1 Å². The number of carbonyl (C=O) groups is 1. The first-order chi connectivity index (χ1) is 9.96. The molecule has 1 aromatic carbocycles. The summed E-state index contributed by atoms with van der Waals surface area (Å²) in [6.07, 6.45) is -4.78. The van der Waals surface area contributed by atoms with Gasteiger partial charge in [-0.1, -0.05) is 27.5 Å². The molecule has 2 rings (SSSR count). The van der Waals surface area contributed by atoms with E-state index in [2.05, 4.69) is 26.1 Å². The van der Waals surface area contributed by atoms with E-state index < -0.39 is 44.8 Å². The van der Waals surface area contributed by atoms with E-state index in [1.165, 1.54) is 0 Å².